The number of nitrogens with two attached hydrogens (primary N) is 1. The van der Waals surface area contributed by atoms with Crippen LogP contribution in [0.15, 0.2) is 22.1 Å². The van der Waals surface area contributed by atoms with Gasteiger partial charge in [0.15, 0.2) is 5.78 Å². The Balaban J connectivity index is 2.11. The topological polar surface area (TPSA) is 73.8 Å². The maximum absolute atomic E-state index is 11.9. The third kappa shape index (κ3) is 2.37. The zero-order valence-electron chi connectivity index (χ0n) is 8.26. The zero-order valence-corrected chi connectivity index (χ0v) is 10.7. The van der Waals surface area contributed by atoms with Gasteiger partial charge in [-0.2, -0.15) is 0 Å². The number of halogens is 1. The number of rotatable bonds is 4. The fourth-order valence-electron chi connectivity index (χ4n) is 1.22. The van der Waals surface area contributed by atoms with Gasteiger partial charge in [-0.1, -0.05) is 5.21 Å². The molecule has 0 aliphatic carbocycles. The van der Waals surface area contributed by atoms with Gasteiger partial charge in [-0.05, 0) is 27.4 Å². The van der Waals surface area contributed by atoms with Crippen molar-refractivity contribution in [3.8, 4) is 0 Å². The molecule has 84 valence electrons. The van der Waals surface area contributed by atoms with Crippen molar-refractivity contribution in [3.05, 3.63) is 32.7 Å². The fourth-order valence-corrected chi connectivity index (χ4v) is 2.75. The highest BCUT2D eigenvalue weighted by molar-refractivity contribution is 9.10. The summed E-state index contributed by atoms with van der Waals surface area (Å²) in [6, 6.07) is 1.85. The normalized spacial score (nSPS) is 10.6. The maximum Gasteiger partial charge on any atom is 0.195 e. The number of aromatic nitrogens is 3. The molecule has 0 radical (unpaired) electrons. The minimum Gasteiger partial charge on any atom is -0.325 e. The second-order valence-corrected chi connectivity index (χ2v) is 4.90. The molecule has 2 rings (SSSR count). The Morgan fingerprint density at radius 2 is 2.44 bits per heavy atom. The van der Waals surface area contributed by atoms with Crippen LogP contribution in [0.5, 0.6) is 0 Å². The number of ketones is 1. The van der Waals surface area contributed by atoms with Crippen LogP contribution in [-0.2, 0) is 13.1 Å². The average Bonchev–Trinajstić information content (AvgIpc) is 2.86. The summed E-state index contributed by atoms with van der Waals surface area (Å²) in [4.78, 5) is 12.6. The Bertz CT molecular complexity index is 507. The first-order valence-electron chi connectivity index (χ1n) is 4.56. The van der Waals surface area contributed by atoms with Crippen molar-refractivity contribution >= 4 is 33.0 Å². The van der Waals surface area contributed by atoms with E-state index in [1.807, 2.05) is 11.4 Å². The van der Waals surface area contributed by atoms with Gasteiger partial charge in [0.25, 0.3) is 0 Å². The lowest BCUT2D eigenvalue weighted by molar-refractivity contribution is 0.0970. The first-order chi connectivity index (χ1) is 7.70. The van der Waals surface area contributed by atoms with Gasteiger partial charge in [-0.25, -0.2) is 4.68 Å². The third-order valence-electron chi connectivity index (χ3n) is 1.97. The predicted octanol–water partition coefficient (Wildman–Crippen LogP) is 1.44. The lowest BCUT2D eigenvalue weighted by Gasteiger charge is -1.98. The minimum absolute atomic E-state index is 0.00958. The van der Waals surface area contributed by atoms with Crippen molar-refractivity contribution in [3.63, 3.8) is 0 Å². The Labute approximate surface area is 104 Å². The number of hydrogen-bond donors (Lipinski definition) is 1. The zero-order chi connectivity index (χ0) is 11.5. The highest BCUT2D eigenvalue weighted by Crippen LogP contribution is 2.23. The Morgan fingerprint density at radius 3 is 3.00 bits per heavy atom. The van der Waals surface area contributed by atoms with Crippen molar-refractivity contribution < 1.29 is 4.79 Å². The van der Waals surface area contributed by atoms with Gasteiger partial charge in [0.1, 0.15) is 6.54 Å². The second kappa shape index (κ2) is 4.86. The summed E-state index contributed by atoms with van der Waals surface area (Å²) < 4.78 is 2.32. The summed E-state index contributed by atoms with van der Waals surface area (Å²) in [6.45, 7) is 0.517. The van der Waals surface area contributed by atoms with Gasteiger partial charge in [0.05, 0.1) is 16.8 Å². The smallest absolute Gasteiger partial charge is 0.195 e. The molecule has 0 aliphatic rings. The molecule has 0 atom stereocenters. The molecule has 0 aromatic carbocycles. The number of Topliss-reactive ketones (excluding diaryl/α,β-unsaturated/α-hetero) is 1. The molecular weight excluding hydrogens is 292 g/mol. The standard InChI is InChI=1S/C9H9BrN4OS/c10-7-1-2-16-9(7)8(15)5-14-4-6(3-11)12-13-14/h1-2,4H,3,5,11H2. The van der Waals surface area contributed by atoms with E-state index in [1.54, 1.807) is 6.20 Å². The van der Waals surface area contributed by atoms with Crippen LogP contribution in [0.3, 0.4) is 0 Å². The van der Waals surface area contributed by atoms with E-state index in [-0.39, 0.29) is 12.3 Å². The quantitative estimate of drug-likeness (QED) is 0.867. The number of thiophene rings is 1. The fraction of sp³-hybridized carbons (Fsp3) is 0.222. The van der Waals surface area contributed by atoms with E-state index in [1.165, 1.54) is 16.0 Å². The van der Waals surface area contributed by atoms with Gasteiger partial charge in [0.2, 0.25) is 0 Å². The van der Waals surface area contributed by atoms with Crippen molar-refractivity contribution in [2.45, 2.75) is 13.1 Å². The molecule has 0 fully saturated rings. The third-order valence-corrected chi connectivity index (χ3v) is 3.85. The molecule has 0 spiro atoms. The van der Waals surface area contributed by atoms with Crippen molar-refractivity contribution in [1.29, 1.82) is 0 Å². The van der Waals surface area contributed by atoms with E-state index < -0.39 is 0 Å². The molecule has 5 nitrogen and oxygen atoms in total. The summed E-state index contributed by atoms with van der Waals surface area (Å²) in [5, 5.41) is 9.51. The number of carbonyl (C=O) groups is 1. The van der Waals surface area contributed by atoms with Crippen molar-refractivity contribution in [1.82, 2.24) is 15.0 Å². The van der Waals surface area contributed by atoms with E-state index in [9.17, 15) is 4.79 Å². The molecule has 2 N–H and O–H groups in total. The molecule has 7 heteroatoms. The molecule has 2 aromatic rings. The highest BCUT2D eigenvalue weighted by atomic mass is 79.9. The van der Waals surface area contributed by atoms with Crippen LogP contribution in [0.25, 0.3) is 0 Å². The molecule has 2 aromatic heterocycles. The maximum atomic E-state index is 11.9. The van der Waals surface area contributed by atoms with Crippen LogP contribution in [0.4, 0.5) is 0 Å². The average molecular weight is 301 g/mol. The summed E-state index contributed by atoms with van der Waals surface area (Å²) in [5.74, 6) is 0.00958. The van der Waals surface area contributed by atoms with Crippen LogP contribution in [-0.4, -0.2) is 20.8 Å². The van der Waals surface area contributed by atoms with Crippen LogP contribution in [0.1, 0.15) is 15.4 Å². The van der Waals surface area contributed by atoms with E-state index in [0.717, 1.165) is 4.47 Å². The summed E-state index contributed by atoms with van der Waals surface area (Å²) >= 11 is 4.73. The van der Waals surface area contributed by atoms with Gasteiger partial charge >= 0.3 is 0 Å². The summed E-state index contributed by atoms with van der Waals surface area (Å²) in [5.41, 5.74) is 6.09. The second-order valence-electron chi connectivity index (χ2n) is 3.13. The number of hydrogen-bond acceptors (Lipinski definition) is 5. The SMILES string of the molecule is NCc1cn(CC(=O)c2sccc2Br)nn1. The Morgan fingerprint density at radius 1 is 1.62 bits per heavy atom. The molecule has 0 aliphatic heterocycles. The van der Waals surface area contributed by atoms with Crippen LogP contribution in [0.2, 0.25) is 0 Å². The van der Waals surface area contributed by atoms with Gasteiger partial charge in [-0.3, -0.25) is 4.79 Å². The Kier molecular flexibility index (Phi) is 3.47. The molecule has 0 unspecified atom stereocenters. The molecule has 0 saturated carbocycles. The molecule has 0 bridgehead atoms. The predicted molar refractivity (Wildman–Crippen MR) is 64.3 cm³/mol. The van der Waals surface area contributed by atoms with Crippen molar-refractivity contribution in [2.24, 2.45) is 5.73 Å². The van der Waals surface area contributed by atoms with E-state index in [4.69, 9.17) is 5.73 Å². The first kappa shape index (κ1) is 11.4. The van der Waals surface area contributed by atoms with Gasteiger partial charge in [0, 0.05) is 11.0 Å². The van der Waals surface area contributed by atoms with E-state index >= 15 is 0 Å². The van der Waals surface area contributed by atoms with Crippen LogP contribution < -0.4 is 5.73 Å². The summed E-state index contributed by atoms with van der Waals surface area (Å²) in [6.07, 6.45) is 1.68. The number of carbonyl (C=O) groups excluding carboxylic acids is 1. The largest absolute Gasteiger partial charge is 0.325 e. The van der Waals surface area contributed by atoms with E-state index in [0.29, 0.717) is 17.1 Å². The molecule has 16 heavy (non-hydrogen) atoms. The molecule has 0 amide bonds. The van der Waals surface area contributed by atoms with Crippen LogP contribution >= 0.6 is 27.3 Å². The minimum atomic E-state index is 0.00958. The Hall–Kier alpha value is -1.05. The van der Waals surface area contributed by atoms with Crippen molar-refractivity contribution in [2.75, 3.05) is 0 Å². The van der Waals surface area contributed by atoms with Gasteiger partial charge < -0.3 is 5.73 Å². The first-order valence-corrected chi connectivity index (χ1v) is 6.23. The molecule has 0 saturated heterocycles. The van der Waals surface area contributed by atoms with Crippen LogP contribution in [0, 0.1) is 0 Å². The molecule has 2 heterocycles. The lowest BCUT2D eigenvalue weighted by atomic mass is 10.3. The highest BCUT2D eigenvalue weighted by Gasteiger charge is 2.12. The number of nitrogens with zero attached hydrogens (tertiary/aromatic N) is 3. The van der Waals surface area contributed by atoms with Gasteiger partial charge in [-0.15, -0.1) is 16.4 Å². The summed E-state index contributed by atoms with van der Waals surface area (Å²) in [7, 11) is 0. The monoisotopic (exact) mass is 300 g/mol. The molecular formula is C9H9BrN4OS. The lowest BCUT2D eigenvalue weighted by Crippen LogP contribution is -2.10. The van der Waals surface area contributed by atoms with E-state index in [2.05, 4.69) is 26.2 Å².